The van der Waals surface area contributed by atoms with Crippen LogP contribution in [0.1, 0.15) is 22.3 Å². The number of fused-ring (bicyclic) bond motifs is 16. The van der Waals surface area contributed by atoms with E-state index in [2.05, 4.69) is 394 Å². The molecule has 0 atom stereocenters. The second-order valence-electron chi connectivity index (χ2n) is 28.1. The molecule has 20 aromatic carbocycles. The average molecular weight is 1590 g/mol. The van der Waals surface area contributed by atoms with Gasteiger partial charge in [-0.1, -0.05) is 268 Å². The first kappa shape index (κ1) is 75.1. The topological polar surface area (TPSA) is 0 Å². The minimum atomic E-state index is 0. The molecular weight excluding hydrogens is 1510 g/mol. The van der Waals surface area contributed by atoms with Crippen molar-refractivity contribution in [3.05, 3.63) is 362 Å². The van der Waals surface area contributed by atoms with Crippen molar-refractivity contribution >= 4 is 140 Å². The fourth-order valence-electron chi connectivity index (χ4n) is 15.6. The molecule has 0 aliphatic rings. The van der Waals surface area contributed by atoms with E-state index in [-0.39, 0.29) is 35.7 Å². The second kappa shape index (κ2) is 33.3. The molecule has 0 saturated carbocycles. The first-order valence-electron chi connectivity index (χ1n) is 36.0. The van der Waals surface area contributed by atoms with E-state index >= 15 is 0 Å². The summed E-state index contributed by atoms with van der Waals surface area (Å²) in [5.41, 5.74) is 16.3. The van der Waals surface area contributed by atoms with Gasteiger partial charge in [-0.05, 0) is 133 Å². The largest absolute Gasteiger partial charge is 1.00 e. The Balaban J connectivity index is 0.000000120. The van der Waals surface area contributed by atoms with Gasteiger partial charge in [0.2, 0.25) is 0 Å². The Bertz CT molecular complexity index is 5860. The Hall–Kier alpha value is -9.18. The van der Waals surface area contributed by atoms with Crippen LogP contribution in [0.25, 0.3) is 174 Å². The van der Waals surface area contributed by atoms with Crippen molar-refractivity contribution in [3.8, 4) is 44.5 Å². The van der Waals surface area contributed by atoms with Gasteiger partial charge in [-0.25, -0.2) is 0 Å². The van der Waals surface area contributed by atoms with Crippen LogP contribution < -0.4 is 24.8 Å². The summed E-state index contributed by atoms with van der Waals surface area (Å²) in [6.07, 6.45) is 0. The number of hydrogen-bond acceptors (Lipinski definition) is 0. The minimum Gasteiger partial charge on any atom is -1.00 e. The Labute approximate surface area is 665 Å². The SMILES string of the molecule is C[Si](C)=[Zr+2].C[Si](C)=[Zr+2].Cc1cc2c(-c3cc4ccccc4c4ccccc34)cccc2[cH-]1.Cc1cc2c(-c3cc4ccccc4c4ccccc34)cccc2[cH-]1.Cc1cc2c(-c3cc4ccccc4c4ccccc34)cccc2[cH-]1.Cc1cc2c(-c3cc4ccccc4c4ccccc34)cccc2[cH-]1.[Cl-].[Cl-]. The number of rotatable bonds is 4. The normalized spacial score (nSPS) is 11.0. The summed E-state index contributed by atoms with van der Waals surface area (Å²) in [4.78, 5) is 0. The summed E-state index contributed by atoms with van der Waals surface area (Å²) in [7, 11) is 0. The minimum absolute atomic E-state index is 0. The van der Waals surface area contributed by atoms with Crippen molar-refractivity contribution in [3.63, 3.8) is 0 Å². The molecule has 0 aliphatic carbocycles. The Morgan fingerprint density at radius 1 is 0.189 bits per heavy atom. The summed E-state index contributed by atoms with van der Waals surface area (Å²) < 4.78 is 0. The maximum absolute atomic E-state index is 2.34. The molecule has 0 unspecified atom stereocenters. The predicted octanol–water partition coefficient (Wildman–Crippen LogP) is 22.9. The zero-order valence-corrected chi connectivity index (χ0v) is 69.5. The van der Waals surface area contributed by atoms with Crippen molar-refractivity contribution in [1.82, 2.24) is 0 Å². The zero-order chi connectivity index (χ0) is 71.5. The molecule has 0 fully saturated rings. The molecule has 106 heavy (non-hydrogen) atoms. The van der Waals surface area contributed by atoms with Gasteiger partial charge in [0.05, 0.1) is 0 Å². The molecule has 0 spiro atoms. The van der Waals surface area contributed by atoms with Gasteiger partial charge in [-0.2, -0.15) is 24.3 Å². The molecule has 512 valence electrons. The van der Waals surface area contributed by atoms with E-state index < -0.39 is 0 Å². The molecule has 0 aliphatic heterocycles. The van der Waals surface area contributed by atoms with Crippen molar-refractivity contribution in [2.24, 2.45) is 0 Å². The van der Waals surface area contributed by atoms with E-state index in [9.17, 15) is 0 Å². The zero-order valence-electron chi connectivity index (χ0n) is 61.1. The van der Waals surface area contributed by atoms with Gasteiger partial charge in [0.1, 0.15) is 0 Å². The molecule has 0 N–H and O–H groups in total. The molecule has 20 rings (SSSR count). The molecule has 0 amide bonds. The van der Waals surface area contributed by atoms with E-state index in [1.165, 1.54) is 196 Å². The maximum atomic E-state index is 2.34. The monoisotopic (exact) mass is 1590 g/mol. The van der Waals surface area contributed by atoms with Crippen LogP contribution in [0.3, 0.4) is 0 Å². The van der Waals surface area contributed by atoms with E-state index in [0.717, 1.165) is 0 Å². The third-order valence-corrected chi connectivity index (χ3v) is 19.8. The van der Waals surface area contributed by atoms with Crippen molar-refractivity contribution in [2.75, 3.05) is 0 Å². The van der Waals surface area contributed by atoms with Crippen LogP contribution in [0, 0.1) is 27.7 Å². The van der Waals surface area contributed by atoms with Crippen LogP contribution in [-0.2, 0) is 46.7 Å². The first-order chi connectivity index (χ1) is 50.7. The molecular formula is C100H80Cl2Si2Zr2-2. The second-order valence-corrected chi connectivity index (χ2v) is 46.9. The summed E-state index contributed by atoms with van der Waals surface area (Å²) in [6, 6.07) is 124. The molecule has 20 aromatic rings. The number of hydrogen-bond donors (Lipinski definition) is 0. The van der Waals surface area contributed by atoms with Crippen molar-refractivity contribution < 1.29 is 71.5 Å². The summed E-state index contributed by atoms with van der Waals surface area (Å²) in [5.74, 6) is 0. The fourth-order valence-corrected chi connectivity index (χ4v) is 15.6. The molecule has 0 saturated heterocycles. The Morgan fingerprint density at radius 3 is 0.557 bits per heavy atom. The molecule has 6 heteroatoms. The molecule has 0 bridgehead atoms. The summed E-state index contributed by atoms with van der Waals surface area (Å²) >= 11 is 3.48. The van der Waals surface area contributed by atoms with Crippen molar-refractivity contribution in [1.29, 1.82) is 0 Å². The number of aryl methyl sites for hydroxylation is 4. The van der Waals surface area contributed by atoms with Gasteiger partial charge in [0.25, 0.3) is 0 Å². The van der Waals surface area contributed by atoms with Gasteiger partial charge in [-0.3, -0.25) is 0 Å². The number of halogens is 2. The van der Waals surface area contributed by atoms with Crippen LogP contribution >= 0.6 is 0 Å². The molecule has 0 heterocycles. The third kappa shape index (κ3) is 15.7. The van der Waals surface area contributed by atoms with E-state index in [1.54, 1.807) is 46.7 Å². The Morgan fingerprint density at radius 2 is 0.358 bits per heavy atom. The average Bonchev–Trinajstić information content (AvgIpc) is 1.22. The predicted molar refractivity (Wildman–Crippen MR) is 454 cm³/mol. The smallest absolute Gasteiger partial charge is 0.00995 e. The van der Waals surface area contributed by atoms with Crippen LogP contribution in [0.2, 0.25) is 26.2 Å². The van der Waals surface area contributed by atoms with Crippen LogP contribution in [0.15, 0.2) is 340 Å². The quantitative estimate of drug-likeness (QED) is 0.0936. The van der Waals surface area contributed by atoms with Crippen LogP contribution in [0.4, 0.5) is 0 Å². The van der Waals surface area contributed by atoms with Crippen molar-refractivity contribution in [2.45, 2.75) is 53.9 Å². The number of benzene rings is 16. The van der Waals surface area contributed by atoms with Gasteiger partial charge < -0.3 is 24.8 Å². The van der Waals surface area contributed by atoms with Crippen LogP contribution in [-0.4, -0.2) is 10.9 Å². The van der Waals surface area contributed by atoms with E-state index in [0.29, 0.717) is 0 Å². The summed E-state index contributed by atoms with van der Waals surface area (Å²) in [6.45, 7) is 17.9. The molecule has 0 nitrogen and oxygen atoms in total. The maximum Gasteiger partial charge on any atom is -0.00995 e. The van der Waals surface area contributed by atoms with E-state index in [4.69, 9.17) is 0 Å². The van der Waals surface area contributed by atoms with E-state index in [1.807, 2.05) is 0 Å². The summed E-state index contributed by atoms with van der Waals surface area (Å²) in [5, 5.41) is 31.7. The standard InChI is InChI=1S/4C24H17.2C2H6Si.2ClH.2Zr/c4*1-16-13-17-8-6-12-22(23(17)14-16)24-15-18-7-2-3-9-19(18)20-10-4-5-11-21(20)24;2*1-3-2;;;;/h4*2-15H,1H3;2*1-2H3;2*1H;;/q4*-1;;;;;2*+2/p-2. The van der Waals surface area contributed by atoms with Gasteiger partial charge >= 0.3 is 83.7 Å². The molecule has 0 radical (unpaired) electrons. The fraction of sp³-hybridized carbons (Fsp3) is 0.0800. The van der Waals surface area contributed by atoms with Crippen LogP contribution in [0.5, 0.6) is 0 Å². The van der Waals surface area contributed by atoms with Gasteiger partial charge in [0, 0.05) is 0 Å². The first-order valence-corrected chi connectivity index (χ1v) is 48.4. The van der Waals surface area contributed by atoms with Gasteiger partial charge in [-0.15, -0.1) is 138 Å². The van der Waals surface area contributed by atoms with Gasteiger partial charge in [0.15, 0.2) is 0 Å². The Kier molecular flexibility index (Phi) is 23.6. The molecule has 0 aromatic heterocycles. The third-order valence-electron chi connectivity index (χ3n) is 19.8.